The number of urea groups is 1. The first-order valence-electron chi connectivity index (χ1n) is 9.45. The molecular weight excluding hydrogens is 342 g/mol. The number of hydrogen-bond acceptors (Lipinski definition) is 5. The molecule has 1 spiro atoms. The van der Waals surface area contributed by atoms with Crippen LogP contribution in [0.2, 0.25) is 0 Å². The van der Waals surface area contributed by atoms with Crippen LogP contribution >= 0.6 is 0 Å². The molecule has 1 atom stereocenters. The number of hydrogen-bond donors (Lipinski definition) is 1. The second-order valence-electron chi connectivity index (χ2n) is 7.67. The van der Waals surface area contributed by atoms with Gasteiger partial charge in [-0.15, -0.1) is 0 Å². The van der Waals surface area contributed by atoms with Gasteiger partial charge in [-0.3, -0.25) is 9.69 Å². The van der Waals surface area contributed by atoms with Crippen LogP contribution in [0.1, 0.15) is 58.3 Å². The average Bonchev–Trinajstić information content (AvgIpc) is 3.04. The molecule has 25 heavy (non-hydrogen) atoms. The number of carbonyl (C=O) groups is 2. The zero-order valence-electron chi connectivity index (χ0n) is 15.0. The van der Waals surface area contributed by atoms with Gasteiger partial charge in [0, 0.05) is 12.6 Å². The molecule has 3 amide bonds. The van der Waals surface area contributed by atoms with E-state index in [1.165, 1.54) is 4.90 Å². The Morgan fingerprint density at radius 2 is 1.96 bits per heavy atom. The maximum Gasteiger partial charge on any atom is 0.326 e. The summed E-state index contributed by atoms with van der Waals surface area (Å²) in [4.78, 5) is 28.7. The molecule has 0 radical (unpaired) electrons. The predicted molar refractivity (Wildman–Crippen MR) is 94.7 cm³/mol. The summed E-state index contributed by atoms with van der Waals surface area (Å²) < 4.78 is 23.7. The Hall–Kier alpha value is -1.15. The van der Waals surface area contributed by atoms with Gasteiger partial charge in [-0.25, -0.2) is 18.1 Å². The summed E-state index contributed by atoms with van der Waals surface area (Å²) in [5.74, 6) is 0.204. The summed E-state index contributed by atoms with van der Waals surface area (Å²) in [5.41, 5.74) is -0.715. The fraction of sp³-hybridized carbons (Fsp3) is 0.882. The fourth-order valence-electron chi connectivity index (χ4n) is 4.27. The van der Waals surface area contributed by atoms with Crippen LogP contribution in [0.15, 0.2) is 0 Å². The van der Waals surface area contributed by atoms with Gasteiger partial charge in [0.2, 0.25) is 0 Å². The molecule has 0 aromatic carbocycles. The number of amides is 3. The van der Waals surface area contributed by atoms with Crippen LogP contribution in [0.25, 0.3) is 0 Å². The van der Waals surface area contributed by atoms with E-state index >= 15 is 0 Å². The highest BCUT2D eigenvalue weighted by Gasteiger charge is 2.51. The third-order valence-corrected chi connectivity index (χ3v) is 7.55. The maximum atomic E-state index is 12.9. The van der Waals surface area contributed by atoms with E-state index in [2.05, 4.69) is 12.2 Å². The standard InChI is InChI=1S/C17H29N3O4S/c1-2-3-10-19(14-7-11-25(23,24)12-14)13-20-15(21)17(18-16(20)22)8-5-4-6-9-17/h14H,2-13H2,1H3,(H,18,22)/t14-/m0/s1. The third-order valence-electron chi connectivity index (χ3n) is 5.80. The molecule has 1 saturated carbocycles. The monoisotopic (exact) mass is 371 g/mol. The SMILES string of the molecule is CCCCN(CN1C(=O)NC2(CCCCC2)C1=O)[C@H]1CCS(=O)(=O)C1. The van der Waals surface area contributed by atoms with Crippen molar-refractivity contribution in [3.63, 3.8) is 0 Å². The number of unbranched alkanes of at least 4 members (excludes halogenated alkanes) is 1. The molecule has 142 valence electrons. The van der Waals surface area contributed by atoms with E-state index in [4.69, 9.17) is 0 Å². The van der Waals surface area contributed by atoms with Crippen LogP contribution in [0.3, 0.4) is 0 Å². The summed E-state index contributed by atoms with van der Waals surface area (Å²) in [7, 11) is -3.00. The number of nitrogens with one attached hydrogen (secondary N) is 1. The van der Waals surface area contributed by atoms with Gasteiger partial charge in [0.1, 0.15) is 5.54 Å². The summed E-state index contributed by atoms with van der Waals surface area (Å²) in [6, 6.07) is -0.422. The van der Waals surface area contributed by atoms with Crippen molar-refractivity contribution in [2.24, 2.45) is 0 Å². The van der Waals surface area contributed by atoms with Gasteiger partial charge in [-0.2, -0.15) is 0 Å². The molecule has 2 aliphatic heterocycles. The number of rotatable bonds is 6. The molecule has 3 fully saturated rings. The lowest BCUT2D eigenvalue weighted by Gasteiger charge is -2.33. The number of carbonyl (C=O) groups excluding carboxylic acids is 2. The smallest absolute Gasteiger partial charge is 0.323 e. The van der Waals surface area contributed by atoms with E-state index in [-0.39, 0.29) is 36.2 Å². The van der Waals surface area contributed by atoms with Crippen molar-refractivity contribution in [2.45, 2.75) is 69.9 Å². The highest BCUT2D eigenvalue weighted by Crippen LogP contribution is 2.34. The highest BCUT2D eigenvalue weighted by atomic mass is 32.2. The Morgan fingerprint density at radius 1 is 1.24 bits per heavy atom. The minimum absolute atomic E-state index is 0.0972. The second kappa shape index (κ2) is 7.23. The molecule has 3 aliphatic rings. The zero-order valence-corrected chi connectivity index (χ0v) is 15.8. The average molecular weight is 372 g/mol. The van der Waals surface area contributed by atoms with Crippen LogP contribution < -0.4 is 5.32 Å². The number of imide groups is 1. The molecule has 1 N–H and O–H groups in total. The van der Waals surface area contributed by atoms with Gasteiger partial charge in [0.25, 0.3) is 5.91 Å². The molecule has 8 heteroatoms. The summed E-state index contributed by atoms with van der Waals surface area (Å²) >= 11 is 0. The van der Waals surface area contributed by atoms with Crippen LogP contribution in [0.5, 0.6) is 0 Å². The van der Waals surface area contributed by atoms with Crippen LogP contribution in [-0.4, -0.2) is 66.5 Å². The van der Waals surface area contributed by atoms with E-state index in [0.717, 1.165) is 32.1 Å². The van der Waals surface area contributed by atoms with E-state index < -0.39 is 15.4 Å². The molecule has 1 aliphatic carbocycles. The molecule has 0 unspecified atom stereocenters. The minimum Gasteiger partial charge on any atom is -0.323 e. The van der Waals surface area contributed by atoms with E-state index in [1.54, 1.807) is 0 Å². The first-order valence-corrected chi connectivity index (χ1v) is 11.3. The topological polar surface area (TPSA) is 86.8 Å². The van der Waals surface area contributed by atoms with Crippen molar-refractivity contribution < 1.29 is 18.0 Å². The van der Waals surface area contributed by atoms with Crippen molar-refractivity contribution in [1.82, 2.24) is 15.1 Å². The molecular formula is C17H29N3O4S. The Labute approximate surface area is 150 Å². The Kier molecular flexibility index (Phi) is 5.39. The lowest BCUT2D eigenvalue weighted by Crippen LogP contribution is -2.50. The Bertz CT molecular complexity index is 628. The summed E-state index contributed by atoms with van der Waals surface area (Å²) in [6.45, 7) is 2.99. The molecule has 7 nitrogen and oxygen atoms in total. The molecule has 0 aromatic rings. The van der Waals surface area contributed by atoms with Crippen LogP contribution in [0.4, 0.5) is 4.79 Å². The zero-order chi connectivity index (χ0) is 18.1. The van der Waals surface area contributed by atoms with Gasteiger partial charge in [0.15, 0.2) is 9.84 Å². The van der Waals surface area contributed by atoms with Crippen molar-refractivity contribution >= 4 is 21.8 Å². The van der Waals surface area contributed by atoms with Gasteiger partial charge >= 0.3 is 6.03 Å². The maximum absolute atomic E-state index is 12.9. The first kappa shape index (κ1) is 18.6. The molecule has 0 bridgehead atoms. The Morgan fingerprint density at radius 3 is 2.56 bits per heavy atom. The third kappa shape index (κ3) is 3.84. The predicted octanol–water partition coefficient (Wildman–Crippen LogP) is 1.49. The molecule has 2 saturated heterocycles. The lowest BCUT2D eigenvalue weighted by atomic mass is 9.82. The van der Waals surface area contributed by atoms with Gasteiger partial charge < -0.3 is 5.32 Å². The van der Waals surface area contributed by atoms with Crippen molar-refractivity contribution in [1.29, 1.82) is 0 Å². The fourth-order valence-corrected chi connectivity index (χ4v) is 6.04. The van der Waals surface area contributed by atoms with Crippen LogP contribution in [-0.2, 0) is 14.6 Å². The largest absolute Gasteiger partial charge is 0.326 e. The van der Waals surface area contributed by atoms with Crippen molar-refractivity contribution in [3.05, 3.63) is 0 Å². The van der Waals surface area contributed by atoms with E-state index in [9.17, 15) is 18.0 Å². The van der Waals surface area contributed by atoms with Gasteiger partial charge in [-0.1, -0.05) is 32.6 Å². The quantitative estimate of drug-likeness (QED) is 0.715. The lowest BCUT2D eigenvalue weighted by molar-refractivity contribution is -0.134. The second-order valence-corrected chi connectivity index (χ2v) is 9.90. The van der Waals surface area contributed by atoms with Crippen molar-refractivity contribution in [3.8, 4) is 0 Å². The van der Waals surface area contributed by atoms with Crippen molar-refractivity contribution in [2.75, 3.05) is 24.7 Å². The van der Waals surface area contributed by atoms with E-state index in [1.807, 2.05) is 4.90 Å². The molecule has 0 aromatic heterocycles. The van der Waals surface area contributed by atoms with E-state index in [0.29, 0.717) is 25.8 Å². The normalized spacial score (nSPS) is 28.1. The highest BCUT2D eigenvalue weighted by molar-refractivity contribution is 7.91. The Balaban J connectivity index is 1.72. The minimum atomic E-state index is -3.00. The first-order chi connectivity index (χ1) is 11.9. The molecule has 2 heterocycles. The van der Waals surface area contributed by atoms with Crippen LogP contribution in [0, 0.1) is 0 Å². The molecule has 3 rings (SSSR count). The summed E-state index contributed by atoms with van der Waals surface area (Å²) in [6.07, 6.45) is 6.93. The number of sulfone groups is 1. The van der Waals surface area contributed by atoms with Gasteiger partial charge in [0.05, 0.1) is 18.2 Å². The number of nitrogens with zero attached hydrogens (tertiary/aromatic N) is 2. The van der Waals surface area contributed by atoms with Gasteiger partial charge in [-0.05, 0) is 25.7 Å². The summed E-state index contributed by atoms with van der Waals surface area (Å²) in [5, 5.41) is 2.93.